The van der Waals surface area contributed by atoms with Crippen molar-refractivity contribution < 1.29 is 32.4 Å². The minimum absolute atomic E-state index is 0.000781. The topological polar surface area (TPSA) is 81.9 Å². The number of nitrogens with zero attached hydrogens (tertiary/aromatic N) is 2. The lowest BCUT2D eigenvalue weighted by molar-refractivity contribution is -0.385. The van der Waals surface area contributed by atoms with E-state index in [0.717, 1.165) is 0 Å². The van der Waals surface area contributed by atoms with E-state index in [4.69, 9.17) is 9.47 Å². The van der Waals surface area contributed by atoms with Crippen molar-refractivity contribution in [2.75, 3.05) is 13.3 Å². The molecule has 1 heterocycles. The molecule has 0 unspecified atom stereocenters. The van der Waals surface area contributed by atoms with Crippen LogP contribution in [0.1, 0.15) is 15.9 Å². The van der Waals surface area contributed by atoms with Gasteiger partial charge in [0.05, 0.1) is 11.5 Å². The third-order valence-corrected chi connectivity index (χ3v) is 3.83. The van der Waals surface area contributed by atoms with Crippen LogP contribution in [0, 0.1) is 10.1 Å². The van der Waals surface area contributed by atoms with Crippen molar-refractivity contribution in [2.24, 2.45) is 0 Å². The molecule has 10 heteroatoms. The van der Waals surface area contributed by atoms with Gasteiger partial charge in [0.25, 0.3) is 11.6 Å². The first kappa shape index (κ1) is 18.5. The maximum absolute atomic E-state index is 13.0. The molecule has 0 atom stereocenters. The molecule has 1 amide bonds. The summed E-state index contributed by atoms with van der Waals surface area (Å²) in [6.45, 7) is -2.16. The second kappa shape index (κ2) is 7.14. The average Bonchev–Trinajstić information content (AvgIpc) is 3.07. The number of carbonyl (C=O) groups is 1. The zero-order chi connectivity index (χ0) is 19.6. The van der Waals surface area contributed by atoms with Crippen LogP contribution in [-0.2, 0) is 6.54 Å². The third kappa shape index (κ3) is 4.27. The van der Waals surface area contributed by atoms with Gasteiger partial charge in [0.15, 0.2) is 11.5 Å². The van der Waals surface area contributed by atoms with Gasteiger partial charge in [0, 0.05) is 17.2 Å². The maximum Gasteiger partial charge on any atom is 0.406 e. The van der Waals surface area contributed by atoms with Gasteiger partial charge in [-0.15, -0.1) is 0 Å². The Morgan fingerprint density at radius 3 is 2.56 bits per heavy atom. The molecule has 1 aliphatic rings. The number of fused-ring (bicyclic) bond motifs is 1. The molecule has 0 fully saturated rings. The van der Waals surface area contributed by atoms with Crippen molar-refractivity contribution in [1.82, 2.24) is 4.90 Å². The number of ether oxygens (including phenoxy) is 2. The molecule has 0 radical (unpaired) electrons. The van der Waals surface area contributed by atoms with Gasteiger partial charge in [0.2, 0.25) is 6.79 Å². The Morgan fingerprint density at radius 1 is 1.15 bits per heavy atom. The number of halogens is 3. The normalized spacial score (nSPS) is 12.7. The minimum Gasteiger partial charge on any atom is -0.454 e. The molecule has 0 saturated heterocycles. The number of hydrogen-bond acceptors (Lipinski definition) is 5. The molecule has 0 spiro atoms. The monoisotopic (exact) mass is 382 g/mol. The largest absolute Gasteiger partial charge is 0.454 e. The zero-order valence-electron chi connectivity index (χ0n) is 13.7. The fourth-order valence-electron chi connectivity index (χ4n) is 2.66. The second-order valence-corrected chi connectivity index (χ2v) is 5.73. The lowest BCUT2D eigenvalue weighted by Crippen LogP contribution is -2.38. The maximum atomic E-state index is 13.0. The van der Waals surface area contributed by atoms with Gasteiger partial charge in [0.1, 0.15) is 6.54 Å². The van der Waals surface area contributed by atoms with E-state index in [1.54, 1.807) is 0 Å². The van der Waals surface area contributed by atoms with Crippen LogP contribution in [0.2, 0.25) is 0 Å². The van der Waals surface area contributed by atoms with Gasteiger partial charge < -0.3 is 14.4 Å². The highest BCUT2D eigenvalue weighted by Gasteiger charge is 2.34. The van der Waals surface area contributed by atoms with Crippen molar-refractivity contribution in [3.8, 4) is 11.5 Å². The standard InChI is InChI=1S/C17H13F3N2O5/c18-17(19,20)9-21(8-12-3-1-2-4-13(12)22(24)25)16(23)11-5-6-14-15(7-11)27-10-26-14/h1-7H,8-10H2. The highest BCUT2D eigenvalue weighted by molar-refractivity contribution is 5.95. The quantitative estimate of drug-likeness (QED) is 0.584. The third-order valence-electron chi connectivity index (χ3n) is 3.83. The van der Waals surface area contributed by atoms with Gasteiger partial charge in [-0.2, -0.15) is 13.2 Å². The van der Waals surface area contributed by atoms with Crippen molar-refractivity contribution in [3.05, 3.63) is 63.7 Å². The lowest BCUT2D eigenvalue weighted by Gasteiger charge is -2.24. The van der Waals surface area contributed by atoms with E-state index in [1.807, 2.05) is 0 Å². The molecule has 0 aliphatic carbocycles. The minimum atomic E-state index is -4.67. The van der Waals surface area contributed by atoms with Crippen molar-refractivity contribution in [1.29, 1.82) is 0 Å². The highest BCUT2D eigenvalue weighted by Crippen LogP contribution is 2.33. The Hall–Kier alpha value is -3.30. The predicted molar refractivity (Wildman–Crippen MR) is 86.5 cm³/mol. The van der Waals surface area contributed by atoms with E-state index in [1.165, 1.54) is 42.5 Å². The van der Waals surface area contributed by atoms with Crippen LogP contribution in [0.15, 0.2) is 42.5 Å². The number of benzene rings is 2. The van der Waals surface area contributed by atoms with Crippen LogP contribution in [0.4, 0.5) is 18.9 Å². The molecule has 142 valence electrons. The molecule has 0 bridgehead atoms. The predicted octanol–water partition coefficient (Wildman–Crippen LogP) is 3.53. The number of amides is 1. The molecule has 3 rings (SSSR count). The number of alkyl halides is 3. The van der Waals surface area contributed by atoms with Crippen molar-refractivity contribution in [2.45, 2.75) is 12.7 Å². The first-order valence-electron chi connectivity index (χ1n) is 7.72. The molecular weight excluding hydrogens is 369 g/mol. The van der Waals surface area contributed by atoms with Crippen LogP contribution in [0.5, 0.6) is 11.5 Å². The summed E-state index contributed by atoms with van der Waals surface area (Å²) in [5.41, 5.74) is -0.397. The molecular formula is C17H13F3N2O5. The van der Waals surface area contributed by atoms with Gasteiger partial charge in [-0.1, -0.05) is 18.2 Å². The van der Waals surface area contributed by atoms with E-state index in [-0.39, 0.29) is 29.4 Å². The van der Waals surface area contributed by atoms with Crippen LogP contribution in [0.25, 0.3) is 0 Å². The van der Waals surface area contributed by atoms with Gasteiger partial charge in [-0.05, 0) is 18.2 Å². The van der Waals surface area contributed by atoms with Gasteiger partial charge >= 0.3 is 6.18 Å². The van der Waals surface area contributed by atoms with E-state index in [9.17, 15) is 28.1 Å². The Morgan fingerprint density at radius 2 is 1.85 bits per heavy atom. The van der Waals surface area contributed by atoms with Crippen LogP contribution in [0.3, 0.4) is 0 Å². The SMILES string of the molecule is O=C(c1ccc2c(c1)OCO2)N(Cc1ccccc1[N+](=O)[O-])CC(F)(F)F. The first-order chi connectivity index (χ1) is 12.7. The number of hydrogen-bond donors (Lipinski definition) is 0. The van der Waals surface area contributed by atoms with Crippen molar-refractivity contribution in [3.63, 3.8) is 0 Å². The second-order valence-electron chi connectivity index (χ2n) is 5.73. The summed E-state index contributed by atoms with van der Waals surface area (Å²) in [6.07, 6.45) is -4.67. The van der Waals surface area contributed by atoms with E-state index >= 15 is 0 Å². The first-order valence-corrected chi connectivity index (χ1v) is 7.72. The Balaban J connectivity index is 1.92. The van der Waals surface area contributed by atoms with Gasteiger partial charge in [-0.25, -0.2) is 0 Å². The summed E-state index contributed by atoms with van der Waals surface area (Å²) in [6, 6.07) is 9.37. The van der Waals surface area contributed by atoms with Crippen LogP contribution < -0.4 is 9.47 Å². The summed E-state index contributed by atoms with van der Waals surface area (Å²) in [5.74, 6) is -0.296. The fourth-order valence-corrected chi connectivity index (χ4v) is 2.66. The van der Waals surface area contributed by atoms with E-state index in [0.29, 0.717) is 10.6 Å². The number of rotatable bonds is 5. The van der Waals surface area contributed by atoms with Gasteiger partial charge in [-0.3, -0.25) is 14.9 Å². The molecule has 1 aliphatic heterocycles. The van der Waals surface area contributed by atoms with E-state index < -0.39 is 30.1 Å². The highest BCUT2D eigenvalue weighted by atomic mass is 19.4. The van der Waals surface area contributed by atoms with Crippen molar-refractivity contribution >= 4 is 11.6 Å². The zero-order valence-corrected chi connectivity index (χ0v) is 13.7. The molecule has 0 saturated carbocycles. The molecule has 2 aromatic carbocycles. The average molecular weight is 382 g/mol. The van der Waals surface area contributed by atoms with E-state index in [2.05, 4.69) is 0 Å². The lowest BCUT2D eigenvalue weighted by atomic mass is 10.1. The fraction of sp³-hybridized carbons (Fsp3) is 0.235. The molecule has 2 aromatic rings. The summed E-state index contributed by atoms with van der Waals surface area (Å²) in [7, 11) is 0. The number of carbonyl (C=O) groups excluding carboxylic acids is 1. The van der Waals surface area contributed by atoms with Crippen LogP contribution >= 0.6 is 0 Å². The molecule has 0 aromatic heterocycles. The summed E-state index contributed by atoms with van der Waals surface area (Å²) in [4.78, 5) is 23.6. The summed E-state index contributed by atoms with van der Waals surface area (Å²) < 4.78 is 49.2. The van der Waals surface area contributed by atoms with Crippen LogP contribution in [-0.4, -0.2) is 35.2 Å². The Bertz CT molecular complexity index is 885. The molecule has 27 heavy (non-hydrogen) atoms. The Labute approximate surface area is 151 Å². The number of para-hydroxylation sites is 1. The number of nitro groups is 1. The number of nitro benzene ring substituents is 1. The summed E-state index contributed by atoms with van der Waals surface area (Å²) >= 11 is 0. The smallest absolute Gasteiger partial charge is 0.406 e. The Kier molecular flexibility index (Phi) is 4.89. The molecule has 7 nitrogen and oxygen atoms in total. The molecule has 0 N–H and O–H groups in total. The summed E-state index contributed by atoms with van der Waals surface area (Å²) in [5, 5.41) is 11.1.